The lowest BCUT2D eigenvalue weighted by Gasteiger charge is -2.26. The quantitative estimate of drug-likeness (QED) is 0.803. The summed E-state index contributed by atoms with van der Waals surface area (Å²) in [6.45, 7) is 1.26. The summed E-state index contributed by atoms with van der Waals surface area (Å²) in [6.07, 6.45) is 0.950. The summed E-state index contributed by atoms with van der Waals surface area (Å²) in [4.78, 5) is 11.0. The first-order valence-corrected chi connectivity index (χ1v) is 5.17. The minimum atomic E-state index is -1.83. The van der Waals surface area contributed by atoms with Crippen molar-refractivity contribution in [1.82, 2.24) is 0 Å². The number of benzene rings is 1. The Morgan fingerprint density at radius 1 is 1.56 bits per heavy atom. The number of aliphatic carboxylic acids is 1. The van der Waals surface area contributed by atoms with Crippen LogP contribution in [0.25, 0.3) is 0 Å². The third kappa shape index (κ3) is 1.50. The van der Waals surface area contributed by atoms with Gasteiger partial charge >= 0.3 is 5.97 Å². The molecule has 0 heterocycles. The van der Waals surface area contributed by atoms with Crippen molar-refractivity contribution in [1.29, 1.82) is 0 Å². The first kappa shape index (κ1) is 11.1. The maximum absolute atomic E-state index is 13.4. The molecular formula is C12H13FO3. The van der Waals surface area contributed by atoms with Gasteiger partial charge in [0.25, 0.3) is 0 Å². The number of fused-ring (bicyclic) bond motifs is 1. The fourth-order valence-corrected chi connectivity index (χ4v) is 2.34. The number of rotatable bonds is 2. The van der Waals surface area contributed by atoms with Gasteiger partial charge in [-0.1, -0.05) is 12.1 Å². The molecule has 1 aliphatic rings. The molecule has 0 saturated heterocycles. The maximum Gasteiger partial charge on any atom is 0.336 e. The third-order valence-corrected chi connectivity index (χ3v) is 3.33. The van der Waals surface area contributed by atoms with E-state index in [4.69, 9.17) is 5.11 Å². The molecule has 16 heavy (non-hydrogen) atoms. The molecule has 0 radical (unpaired) electrons. The first-order valence-electron chi connectivity index (χ1n) is 5.17. The molecule has 2 atom stereocenters. The van der Waals surface area contributed by atoms with Crippen LogP contribution in [-0.2, 0) is 11.2 Å². The molecule has 4 heteroatoms. The first-order chi connectivity index (χ1) is 7.44. The molecule has 0 bridgehead atoms. The van der Waals surface area contributed by atoms with Crippen molar-refractivity contribution in [3.05, 3.63) is 35.1 Å². The Morgan fingerprint density at radius 3 is 2.88 bits per heavy atom. The highest BCUT2D eigenvalue weighted by Gasteiger charge is 2.43. The van der Waals surface area contributed by atoms with Crippen molar-refractivity contribution in [2.24, 2.45) is 0 Å². The molecule has 1 aromatic rings. The van der Waals surface area contributed by atoms with Gasteiger partial charge in [-0.15, -0.1) is 0 Å². The molecule has 1 aliphatic carbocycles. The lowest BCUT2D eigenvalue weighted by Crippen LogP contribution is -2.40. The van der Waals surface area contributed by atoms with Crippen LogP contribution in [0.15, 0.2) is 18.2 Å². The molecule has 0 amide bonds. The van der Waals surface area contributed by atoms with E-state index in [2.05, 4.69) is 0 Å². The van der Waals surface area contributed by atoms with E-state index >= 15 is 0 Å². The summed E-state index contributed by atoms with van der Waals surface area (Å²) in [5.41, 5.74) is -0.680. The van der Waals surface area contributed by atoms with E-state index in [1.807, 2.05) is 0 Å². The summed E-state index contributed by atoms with van der Waals surface area (Å²) in [6, 6.07) is 4.59. The lowest BCUT2D eigenvalue weighted by atomic mass is 9.84. The van der Waals surface area contributed by atoms with Gasteiger partial charge in [0.15, 0.2) is 5.60 Å². The van der Waals surface area contributed by atoms with Crippen molar-refractivity contribution in [3.8, 4) is 0 Å². The summed E-state index contributed by atoms with van der Waals surface area (Å²) >= 11 is 0. The molecule has 0 spiro atoms. The standard InChI is InChI=1S/C12H13FO3/c1-12(16,11(14)15)9-6-5-8-7(9)3-2-4-10(8)13/h2-4,9,16H,5-6H2,1H3,(H,14,15). The minimum Gasteiger partial charge on any atom is -0.479 e. The monoisotopic (exact) mass is 224 g/mol. The lowest BCUT2D eigenvalue weighted by molar-refractivity contribution is -0.159. The number of carboxylic acids is 1. The number of carboxylic acid groups (broad SMARTS) is 1. The zero-order chi connectivity index (χ0) is 11.9. The third-order valence-electron chi connectivity index (χ3n) is 3.33. The van der Waals surface area contributed by atoms with Crippen LogP contribution >= 0.6 is 0 Å². The molecule has 0 fully saturated rings. The van der Waals surface area contributed by atoms with E-state index in [9.17, 15) is 14.3 Å². The second-order valence-corrected chi connectivity index (χ2v) is 4.35. The van der Waals surface area contributed by atoms with Crippen molar-refractivity contribution in [3.63, 3.8) is 0 Å². The molecule has 2 rings (SSSR count). The van der Waals surface area contributed by atoms with Gasteiger partial charge < -0.3 is 10.2 Å². The van der Waals surface area contributed by atoms with Gasteiger partial charge in [0.05, 0.1) is 0 Å². The molecule has 86 valence electrons. The van der Waals surface area contributed by atoms with Gasteiger partial charge in [0.1, 0.15) is 5.82 Å². The Morgan fingerprint density at radius 2 is 2.25 bits per heavy atom. The topological polar surface area (TPSA) is 57.5 Å². The highest BCUT2D eigenvalue weighted by Crippen LogP contribution is 2.41. The Kier molecular flexibility index (Phi) is 2.46. The zero-order valence-electron chi connectivity index (χ0n) is 8.90. The van der Waals surface area contributed by atoms with Gasteiger partial charge in [-0.05, 0) is 37.0 Å². The number of hydrogen-bond donors (Lipinski definition) is 2. The van der Waals surface area contributed by atoms with Crippen molar-refractivity contribution in [2.75, 3.05) is 0 Å². The van der Waals surface area contributed by atoms with E-state index in [0.29, 0.717) is 24.0 Å². The van der Waals surface area contributed by atoms with Crippen LogP contribution in [0, 0.1) is 5.82 Å². The van der Waals surface area contributed by atoms with Crippen LogP contribution in [0.4, 0.5) is 4.39 Å². The molecule has 3 nitrogen and oxygen atoms in total. The summed E-state index contributed by atoms with van der Waals surface area (Å²) in [7, 11) is 0. The van der Waals surface area contributed by atoms with Gasteiger partial charge in [-0.2, -0.15) is 0 Å². The van der Waals surface area contributed by atoms with Crippen LogP contribution in [-0.4, -0.2) is 21.8 Å². The predicted octanol–water partition coefficient (Wildman–Crippen LogP) is 1.69. The normalized spacial score (nSPS) is 22.6. The van der Waals surface area contributed by atoms with E-state index in [0.717, 1.165) is 0 Å². The molecule has 2 unspecified atom stereocenters. The highest BCUT2D eigenvalue weighted by molar-refractivity contribution is 5.78. The largest absolute Gasteiger partial charge is 0.479 e. The van der Waals surface area contributed by atoms with Crippen molar-refractivity contribution >= 4 is 5.97 Å². The fraction of sp³-hybridized carbons (Fsp3) is 0.417. The van der Waals surface area contributed by atoms with Crippen LogP contribution in [0.3, 0.4) is 0 Å². The SMILES string of the molecule is CC(O)(C(=O)O)C1CCc2c(F)cccc21. The second kappa shape index (κ2) is 3.56. The fourth-order valence-electron chi connectivity index (χ4n) is 2.34. The van der Waals surface area contributed by atoms with Crippen LogP contribution in [0.1, 0.15) is 30.4 Å². The van der Waals surface area contributed by atoms with Gasteiger partial charge in [-0.25, -0.2) is 9.18 Å². The number of carbonyl (C=O) groups is 1. The number of halogens is 1. The predicted molar refractivity (Wildman–Crippen MR) is 55.7 cm³/mol. The Balaban J connectivity index is 2.45. The maximum atomic E-state index is 13.4. The average molecular weight is 224 g/mol. The average Bonchev–Trinajstić information content (AvgIpc) is 2.63. The molecule has 0 saturated carbocycles. The van der Waals surface area contributed by atoms with Crippen LogP contribution < -0.4 is 0 Å². The smallest absolute Gasteiger partial charge is 0.336 e. The van der Waals surface area contributed by atoms with Crippen molar-refractivity contribution in [2.45, 2.75) is 31.3 Å². The number of aliphatic hydroxyl groups is 1. The molecule has 1 aromatic carbocycles. The van der Waals surface area contributed by atoms with Gasteiger partial charge in [0, 0.05) is 5.92 Å². The number of hydrogen-bond acceptors (Lipinski definition) is 2. The summed E-state index contributed by atoms with van der Waals surface area (Å²) < 4.78 is 13.4. The summed E-state index contributed by atoms with van der Waals surface area (Å²) in [5, 5.41) is 18.9. The molecule has 2 N–H and O–H groups in total. The molecular weight excluding hydrogens is 211 g/mol. The minimum absolute atomic E-state index is 0.318. The second-order valence-electron chi connectivity index (χ2n) is 4.35. The highest BCUT2D eigenvalue weighted by atomic mass is 19.1. The Labute approximate surface area is 92.5 Å². The van der Waals surface area contributed by atoms with E-state index in [-0.39, 0.29) is 5.82 Å². The summed E-state index contributed by atoms with van der Waals surface area (Å²) in [5.74, 6) is -2.12. The van der Waals surface area contributed by atoms with Gasteiger partial charge in [-0.3, -0.25) is 0 Å². The van der Waals surface area contributed by atoms with E-state index in [1.165, 1.54) is 13.0 Å². The van der Waals surface area contributed by atoms with Crippen LogP contribution in [0.2, 0.25) is 0 Å². The van der Waals surface area contributed by atoms with E-state index in [1.54, 1.807) is 12.1 Å². The zero-order valence-corrected chi connectivity index (χ0v) is 8.90. The Hall–Kier alpha value is -1.42. The van der Waals surface area contributed by atoms with E-state index < -0.39 is 17.5 Å². The molecule has 0 aliphatic heterocycles. The molecule has 0 aromatic heterocycles. The Bertz CT molecular complexity index is 440. The van der Waals surface area contributed by atoms with Gasteiger partial charge in [0.2, 0.25) is 0 Å². The van der Waals surface area contributed by atoms with Crippen molar-refractivity contribution < 1.29 is 19.4 Å². The van der Waals surface area contributed by atoms with Crippen LogP contribution in [0.5, 0.6) is 0 Å².